The van der Waals surface area contributed by atoms with Crippen molar-refractivity contribution in [2.75, 3.05) is 6.54 Å². The molecule has 1 heterocycles. The van der Waals surface area contributed by atoms with Gasteiger partial charge in [-0.3, -0.25) is 4.79 Å². The highest BCUT2D eigenvalue weighted by molar-refractivity contribution is 5.70. The van der Waals surface area contributed by atoms with Crippen molar-refractivity contribution >= 4 is 5.97 Å². The van der Waals surface area contributed by atoms with E-state index in [0.29, 0.717) is 13.0 Å². The summed E-state index contributed by atoms with van der Waals surface area (Å²) in [5, 5.41) is 12.3. The Kier molecular flexibility index (Phi) is 3.95. The molecule has 2 N–H and O–H groups in total. The molecule has 1 aromatic rings. The number of carbonyl (C=O) groups is 1. The van der Waals surface area contributed by atoms with Gasteiger partial charge in [-0.2, -0.15) is 0 Å². The molecular weight excluding hydrogens is 238 g/mol. The summed E-state index contributed by atoms with van der Waals surface area (Å²) in [4.78, 5) is 11.0. The lowest BCUT2D eigenvalue weighted by atomic mass is 9.81. The van der Waals surface area contributed by atoms with E-state index in [1.165, 1.54) is 11.1 Å². The van der Waals surface area contributed by atoms with Gasteiger partial charge in [0.25, 0.3) is 0 Å². The van der Waals surface area contributed by atoms with E-state index in [-0.39, 0.29) is 17.4 Å². The Balaban J connectivity index is 2.10. The lowest BCUT2D eigenvalue weighted by Crippen LogP contribution is -2.18. The number of hydrogen-bond acceptors (Lipinski definition) is 2. The number of carboxylic acids is 1. The van der Waals surface area contributed by atoms with Crippen LogP contribution in [-0.2, 0) is 10.2 Å². The number of carboxylic acid groups (broad SMARTS) is 1. The van der Waals surface area contributed by atoms with Crippen molar-refractivity contribution in [1.29, 1.82) is 0 Å². The summed E-state index contributed by atoms with van der Waals surface area (Å²) in [6.45, 7) is 7.26. The summed E-state index contributed by atoms with van der Waals surface area (Å²) in [7, 11) is 0. The molecule has 2 unspecified atom stereocenters. The van der Waals surface area contributed by atoms with E-state index in [1.807, 2.05) is 0 Å². The molecule has 104 valence electrons. The third kappa shape index (κ3) is 2.98. The summed E-state index contributed by atoms with van der Waals surface area (Å²) in [5.41, 5.74) is 2.73. The predicted molar refractivity (Wildman–Crippen MR) is 76.2 cm³/mol. The van der Waals surface area contributed by atoms with Crippen molar-refractivity contribution in [3.8, 4) is 0 Å². The molecule has 1 aromatic carbocycles. The average Bonchev–Trinajstić information content (AvgIpc) is 2.88. The average molecular weight is 261 g/mol. The summed E-state index contributed by atoms with van der Waals surface area (Å²) in [6, 6.07) is 8.80. The van der Waals surface area contributed by atoms with Crippen LogP contribution in [0.5, 0.6) is 0 Å². The van der Waals surface area contributed by atoms with E-state index in [4.69, 9.17) is 5.11 Å². The fourth-order valence-electron chi connectivity index (χ4n) is 2.55. The highest BCUT2D eigenvalue weighted by Crippen LogP contribution is 2.31. The maximum Gasteiger partial charge on any atom is 0.307 e. The molecule has 1 aliphatic rings. The molecule has 1 fully saturated rings. The van der Waals surface area contributed by atoms with Crippen LogP contribution in [0.1, 0.15) is 50.8 Å². The first kappa shape index (κ1) is 14.1. The molecule has 0 aliphatic carbocycles. The maximum atomic E-state index is 11.0. The van der Waals surface area contributed by atoms with Gasteiger partial charge < -0.3 is 10.4 Å². The van der Waals surface area contributed by atoms with E-state index in [9.17, 15) is 4.79 Å². The molecule has 0 saturated carbocycles. The van der Waals surface area contributed by atoms with E-state index < -0.39 is 5.97 Å². The van der Waals surface area contributed by atoms with Crippen LogP contribution in [0.4, 0.5) is 0 Å². The van der Waals surface area contributed by atoms with Crippen molar-refractivity contribution in [3.63, 3.8) is 0 Å². The van der Waals surface area contributed by atoms with Gasteiger partial charge in [-0.15, -0.1) is 0 Å². The third-order valence-electron chi connectivity index (χ3n) is 4.46. The molecule has 0 radical (unpaired) electrons. The highest BCUT2D eigenvalue weighted by Gasteiger charge is 2.30. The number of rotatable bonds is 4. The van der Waals surface area contributed by atoms with Crippen molar-refractivity contribution in [2.24, 2.45) is 5.92 Å². The van der Waals surface area contributed by atoms with Gasteiger partial charge in [0.1, 0.15) is 0 Å². The van der Waals surface area contributed by atoms with Gasteiger partial charge in [-0.05, 0) is 29.4 Å². The molecule has 3 nitrogen and oxygen atoms in total. The second-order valence-corrected chi connectivity index (χ2v) is 6.09. The molecule has 0 amide bonds. The van der Waals surface area contributed by atoms with Gasteiger partial charge in [-0.25, -0.2) is 0 Å². The van der Waals surface area contributed by atoms with Gasteiger partial charge in [0.05, 0.1) is 5.92 Å². The molecule has 1 saturated heterocycles. The Morgan fingerprint density at radius 2 is 2.00 bits per heavy atom. The first-order valence-corrected chi connectivity index (χ1v) is 7.00. The van der Waals surface area contributed by atoms with Crippen LogP contribution in [0, 0.1) is 5.92 Å². The standard InChI is InChI=1S/C16H23NO2/c1-4-16(2,3)13-7-5-11(6-8-13)14-9-12(10-17-14)15(18)19/h5-8,12,14,17H,4,9-10H2,1-3H3,(H,18,19). The largest absolute Gasteiger partial charge is 0.481 e. The Bertz CT molecular complexity index is 450. The molecular formula is C16H23NO2. The van der Waals surface area contributed by atoms with E-state index >= 15 is 0 Å². The van der Waals surface area contributed by atoms with Gasteiger partial charge in [-0.1, -0.05) is 45.0 Å². The van der Waals surface area contributed by atoms with Crippen LogP contribution in [0.15, 0.2) is 24.3 Å². The van der Waals surface area contributed by atoms with E-state index in [0.717, 1.165) is 6.42 Å². The monoisotopic (exact) mass is 261 g/mol. The fraction of sp³-hybridized carbons (Fsp3) is 0.562. The van der Waals surface area contributed by atoms with Crippen LogP contribution in [0.25, 0.3) is 0 Å². The van der Waals surface area contributed by atoms with Crippen LogP contribution in [-0.4, -0.2) is 17.6 Å². The SMILES string of the molecule is CCC(C)(C)c1ccc(C2CC(C(=O)O)CN2)cc1. The number of hydrogen-bond donors (Lipinski definition) is 2. The maximum absolute atomic E-state index is 11.0. The minimum atomic E-state index is -0.696. The van der Waals surface area contributed by atoms with Crippen LogP contribution < -0.4 is 5.32 Å². The lowest BCUT2D eigenvalue weighted by molar-refractivity contribution is -0.141. The Labute approximate surface area is 115 Å². The lowest BCUT2D eigenvalue weighted by Gasteiger charge is -2.24. The van der Waals surface area contributed by atoms with Crippen molar-refractivity contribution in [1.82, 2.24) is 5.32 Å². The second-order valence-electron chi connectivity index (χ2n) is 6.09. The summed E-state index contributed by atoms with van der Waals surface area (Å²) < 4.78 is 0. The summed E-state index contributed by atoms with van der Waals surface area (Å²) in [6.07, 6.45) is 1.79. The Hall–Kier alpha value is -1.35. The molecule has 0 spiro atoms. The smallest absolute Gasteiger partial charge is 0.307 e. The van der Waals surface area contributed by atoms with Crippen LogP contribution in [0.2, 0.25) is 0 Å². The summed E-state index contributed by atoms with van der Waals surface area (Å²) in [5.74, 6) is -0.949. The van der Waals surface area contributed by atoms with Gasteiger partial charge in [0.15, 0.2) is 0 Å². The minimum Gasteiger partial charge on any atom is -0.481 e. The van der Waals surface area contributed by atoms with Crippen LogP contribution in [0.3, 0.4) is 0 Å². The second kappa shape index (κ2) is 5.33. The van der Waals surface area contributed by atoms with Crippen LogP contribution >= 0.6 is 0 Å². The first-order chi connectivity index (χ1) is 8.94. The molecule has 0 bridgehead atoms. The topological polar surface area (TPSA) is 49.3 Å². The minimum absolute atomic E-state index is 0.180. The van der Waals surface area contributed by atoms with Crippen molar-refractivity contribution in [2.45, 2.75) is 45.1 Å². The zero-order valence-electron chi connectivity index (χ0n) is 11.9. The quantitative estimate of drug-likeness (QED) is 0.875. The number of aliphatic carboxylic acids is 1. The summed E-state index contributed by atoms with van der Waals surface area (Å²) >= 11 is 0. The predicted octanol–water partition coefficient (Wildman–Crippen LogP) is 3.11. The zero-order chi connectivity index (χ0) is 14.0. The number of nitrogens with one attached hydrogen (secondary N) is 1. The fourth-order valence-corrected chi connectivity index (χ4v) is 2.55. The van der Waals surface area contributed by atoms with Gasteiger partial charge in [0.2, 0.25) is 0 Å². The van der Waals surface area contributed by atoms with Gasteiger partial charge >= 0.3 is 5.97 Å². The first-order valence-electron chi connectivity index (χ1n) is 7.00. The number of benzene rings is 1. The Morgan fingerprint density at radius 3 is 2.47 bits per heavy atom. The van der Waals surface area contributed by atoms with Gasteiger partial charge in [0, 0.05) is 12.6 Å². The molecule has 3 heteroatoms. The molecule has 1 aliphatic heterocycles. The third-order valence-corrected chi connectivity index (χ3v) is 4.46. The van der Waals surface area contributed by atoms with E-state index in [2.05, 4.69) is 50.4 Å². The zero-order valence-corrected chi connectivity index (χ0v) is 11.9. The normalized spacial score (nSPS) is 23.5. The molecule has 0 aromatic heterocycles. The highest BCUT2D eigenvalue weighted by atomic mass is 16.4. The van der Waals surface area contributed by atoms with Crippen molar-refractivity contribution in [3.05, 3.63) is 35.4 Å². The Morgan fingerprint density at radius 1 is 1.37 bits per heavy atom. The molecule has 2 rings (SSSR count). The van der Waals surface area contributed by atoms with Crippen molar-refractivity contribution < 1.29 is 9.90 Å². The van der Waals surface area contributed by atoms with E-state index in [1.54, 1.807) is 0 Å². The molecule has 19 heavy (non-hydrogen) atoms. The molecule has 2 atom stereocenters.